The maximum atomic E-state index is 12.8. The van der Waals surface area contributed by atoms with Crippen molar-refractivity contribution in [3.8, 4) is 0 Å². The van der Waals surface area contributed by atoms with Gasteiger partial charge in [-0.3, -0.25) is 19.3 Å². The van der Waals surface area contributed by atoms with Crippen LogP contribution in [-0.4, -0.2) is 41.8 Å². The van der Waals surface area contributed by atoms with Crippen LogP contribution in [0.4, 0.5) is 17.1 Å². The number of hydrogen-bond donors (Lipinski definition) is 3. The van der Waals surface area contributed by atoms with E-state index in [1.165, 1.54) is 6.92 Å². The molecule has 0 heterocycles. The van der Waals surface area contributed by atoms with E-state index < -0.39 is 6.04 Å². The van der Waals surface area contributed by atoms with Crippen molar-refractivity contribution < 1.29 is 14.4 Å². The molecule has 0 bridgehead atoms. The highest BCUT2D eigenvalue weighted by Crippen LogP contribution is 2.24. The van der Waals surface area contributed by atoms with Gasteiger partial charge in [-0.1, -0.05) is 39.0 Å². The van der Waals surface area contributed by atoms with Crippen molar-refractivity contribution in [2.45, 2.75) is 46.6 Å². The molecule has 7 heteroatoms. The maximum Gasteiger partial charge on any atom is 0.241 e. The Morgan fingerprint density at radius 3 is 2.00 bits per heavy atom. The fourth-order valence-corrected chi connectivity index (χ4v) is 3.27. The molecule has 0 aromatic heterocycles. The van der Waals surface area contributed by atoms with Gasteiger partial charge in [0.2, 0.25) is 17.7 Å². The van der Waals surface area contributed by atoms with Crippen molar-refractivity contribution in [3.63, 3.8) is 0 Å². The highest BCUT2D eigenvalue weighted by atomic mass is 16.2. The molecule has 0 aliphatic carbocycles. The third-order valence-corrected chi connectivity index (χ3v) is 5.01. The highest BCUT2D eigenvalue weighted by molar-refractivity contribution is 5.97. The van der Waals surface area contributed by atoms with Crippen LogP contribution in [0.5, 0.6) is 0 Å². The van der Waals surface area contributed by atoms with Gasteiger partial charge in [0.25, 0.3) is 0 Å². The van der Waals surface area contributed by atoms with E-state index in [1.807, 2.05) is 36.1 Å². The van der Waals surface area contributed by atoms with E-state index in [0.29, 0.717) is 17.9 Å². The van der Waals surface area contributed by atoms with Gasteiger partial charge in [0.15, 0.2) is 0 Å². The van der Waals surface area contributed by atoms with Crippen molar-refractivity contribution in [1.82, 2.24) is 4.90 Å². The molecule has 2 aromatic rings. The van der Waals surface area contributed by atoms with Crippen molar-refractivity contribution in [3.05, 3.63) is 54.1 Å². The molecule has 0 saturated carbocycles. The van der Waals surface area contributed by atoms with Crippen LogP contribution >= 0.6 is 0 Å². The number of anilines is 3. The number of likely N-dealkylation sites (N-methyl/N-ethyl adjacent to an activating group) is 1. The number of nitrogens with one attached hydrogen (secondary N) is 3. The van der Waals surface area contributed by atoms with Crippen LogP contribution in [0.3, 0.4) is 0 Å². The van der Waals surface area contributed by atoms with Crippen LogP contribution in [0.2, 0.25) is 0 Å². The minimum Gasteiger partial charge on any atom is -0.326 e. The first-order chi connectivity index (χ1) is 14.7. The van der Waals surface area contributed by atoms with Crippen LogP contribution in [0.25, 0.3) is 0 Å². The van der Waals surface area contributed by atoms with Crippen molar-refractivity contribution in [2.24, 2.45) is 0 Å². The fourth-order valence-electron chi connectivity index (χ4n) is 3.27. The molecule has 2 rings (SSSR count). The van der Waals surface area contributed by atoms with Crippen LogP contribution in [0.1, 0.15) is 46.1 Å². The number of amides is 3. The zero-order chi connectivity index (χ0) is 23.0. The van der Waals surface area contributed by atoms with Gasteiger partial charge in [-0.15, -0.1) is 0 Å². The molecule has 166 valence electrons. The molecule has 3 N–H and O–H groups in total. The molecule has 0 aliphatic rings. The van der Waals surface area contributed by atoms with Crippen LogP contribution in [0.15, 0.2) is 48.5 Å². The lowest BCUT2D eigenvalue weighted by Gasteiger charge is -2.27. The van der Waals surface area contributed by atoms with E-state index in [-0.39, 0.29) is 30.2 Å². The van der Waals surface area contributed by atoms with Gasteiger partial charge in [-0.2, -0.15) is 0 Å². The molecular weight excluding hydrogens is 392 g/mol. The average Bonchev–Trinajstić information content (AvgIpc) is 2.72. The van der Waals surface area contributed by atoms with E-state index in [9.17, 15) is 14.4 Å². The first-order valence-corrected chi connectivity index (χ1v) is 10.5. The summed E-state index contributed by atoms with van der Waals surface area (Å²) in [5.41, 5.74) is 3.16. The smallest absolute Gasteiger partial charge is 0.241 e. The van der Waals surface area contributed by atoms with Gasteiger partial charge in [-0.25, -0.2) is 0 Å². The summed E-state index contributed by atoms with van der Waals surface area (Å²) in [6, 6.07) is 14.2. The van der Waals surface area contributed by atoms with Gasteiger partial charge < -0.3 is 16.0 Å². The third kappa shape index (κ3) is 7.22. The number of carbonyl (C=O) groups is 3. The molecule has 0 radical (unpaired) electrons. The largest absolute Gasteiger partial charge is 0.326 e. The molecule has 0 saturated heterocycles. The van der Waals surface area contributed by atoms with Crippen molar-refractivity contribution >= 4 is 34.8 Å². The molecule has 1 atom stereocenters. The molecule has 3 amide bonds. The summed E-state index contributed by atoms with van der Waals surface area (Å²) < 4.78 is 0. The zero-order valence-electron chi connectivity index (χ0n) is 18.9. The summed E-state index contributed by atoms with van der Waals surface area (Å²) in [6.07, 6.45) is 0. The number of carbonyl (C=O) groups excluding carboxylic acids is 3. The van der Waals surface area contributed by atoms with Crippen LogP contribution in [0, 0.1) is 0 Å². The summed E-state index contributed by atoms with van der Waals surface area (Å²) in [5.74, 6) is -0.227. The lowest BCUT2D eigenvalue weighted by atomic mass is 10.0. The van der Waals surface area contributed by atoms with E-state index in [0.717, 1.165) is 11.3 Å². The Labute approximate surface area is 184 Å². The second-order valence-corrected chi connectivity index (χ2v) is 7.78. The van der Waals surface area contributed by atoms with E-state index in [1.54, 1.807) is 31.2 Å². The summed E-state index contributed by atoms with van der Waals surface area (Å²) in [7, 11) is 0. The standard InChI is InChI=1S/C24H32N4O3/c1-6-28(15-23(30)26-20-13-11-19(12-14-20)25-18(5)29)17(4)24(31)27-22-10-8-7-9-21(22)16(2)3/h7-14,16-17H,6,15H2,1-5H3,(H,25,29)(H,26,30)(H,27,31)/t17-/m0/s1. The molecular formula is C24H32N4O3. The third-order valence-electron chi connectivity index (χ3n) is 5.01. The van der Waals surface area contributed by atoms with Crippen LogP contribution in [-0.2, 0) is 14.4 Å². The maximum absolute atomic E-state index is 12.8. The molecule has 0 aliphatic heterocycles. The number of para-hydroxylation sites is 1. The molecule has 0 unspecified atom stereocenters. The molecule has 2 aromatic carbocycles. The second kappa shape index (κ2) is 11.3. The van der Waals surface area contributed by atoms with Crippen LogP contribution < -0.4 is 16.0 Å². The Morgan fingerprint density at radius 2 is 1.45 bits per heavy atom. The Balaban J connectivity index is 1.97. The monoisotopic (exact) mass is 424 g/mol. The quantitative estimate of drug-likeness (QED) is 0.566. The normalized spacial score (nSPS) is 11.8. The number of nitrogens with zero attached hydrogens (tertiary/aromatic N) is 1. The number of benzene rings is 2. The number of rotatable bonds is 9. The zero-order valence-corrected chi connectivity index (χ0v) is 18.9. The lowest BCUT2D eigenvalue weighted by molar-refractivity contribution is -0.123. The van der Waals surface area contributed by atoms with E-state index in [2.05, 4.69) is 29.8 Å². The van der Waals surface area contributed by atoms with Gasteiger partial charge in [0.05, 0.1) is 12.6 Å². The Kier molecular flexibility index (Phi) is 8.75. The summed E-state index contributed by atoms with van der Waals surface area (Å²) in [5, 5.41) is 8.51. The Hall–Kier alpha value is -3.19. The predicted molar refractivity (Wildman–Crippen MR) is 125 cm³/mol. The SMILES string of the molecule is CCN(CC(=O)Nc1ccc(NC(C)=O)cc1)[C@@H](C)C(=O)Nc1ccccc1C(C)C. The lowest BCUT2D eigenvalue weighted by Crippen LogP contribution is -2.45. The van der Waals surface area contributed by atoms with Gasteiger partial charge in [0.1, 0.15) is 0 Å². The van der Waals surface area contributed by atoms with Crippen molar-refractivity contribution in [2.75, 3.05) is 29.0 Å². The summed E-state index contributed by atoms with van der Waals surface area (Å²) in [4.78, 5) is 38.3. The molecule has 0 fully saturated rings. The summed E-state index contributed by atoms with van der Waals surface area (Å²) >= 11 is 0. The Morgan fingerprint density at radius 1 is 0.871 bits per heavy atom. The molecule has 7 nitrogen and oxygen atoms in total. The molecule has 0 spiro atoms. The number of hydrogen-bond acceptors (Lipinski definition) is 4. The highest BCUT2D eigenvalue weighted by Gasteiger charge is 2.23. The van der Waals surface area contributed by atoms with E-state index >= 15 is 0 Å². The van der Waals surface area contributed by atoms with Gasteiger partial charge in [0, 0.05) is 24.0 Å². The predicted octanol–water partition coefficient (Wildman–Crippen LogP) is 4.06. The fraction of sp³-hybridized carbons (Fsp3) is 0.375. The topological polar surface area (TPSA) is 90.5 Å². The van der Waals surface area contributed by atoms with E-state index in [4.69, 9.17) is 0 Å². The second-order valence-electron chi connectivity index (χ2n) is 7.78. The molecule has 31 heavy (non-hydrogen) atoms. The van der Waals surface area contributed by atoms with Crippen molar-refractivity contribution in [1.29, 1.82) is 0 Å². The first kappa shape index (κ1) is 24.1. The minimum atomic E-state index is -0.474. The minimum absolute atomic E-state index is 0.0877. The average molecular weight is 425 g/mol. The van der Waals surface area contributed by atoms with Gasteiger partial charge in [-0.05, 0) is 55.3 Å². The van der Waals surface area contributed by atoms with Gasteiger partial charge >= 0.3 is 0 Å². The Bertz CT molecular complexity index is 909. The first-order valence-electron chi connectivity index (χ1n) is 10.5. The summed E-state index contributed by atoms with van der Waals surface area (Å²) in [6.45, 7) is 9.96.